The van der Waals surface area contributed by atoms with Gasteiger partial charge in [-0.15, -0.1) is 0 Å². The summed E-state index contributed by atoms with van der Waals surface area (Å²) < 4.78 is 20.2. The van der Waals surface area contributed by atoms with Gasteiger partial charge in [-0.1, -0.05) is 5.16 Å². The Morgan fingerprint density at radius 1 is 1.09 bits per heavy atom. The predicted molar refractivity (Wildman–Crippen MR) is 122 cm³/mol. The van der Waals surface area contributed by atoms with Gasteiger partial charge in [0, 0.05) is 43.5 Å². The monoisotopic (exact) mass is 466 g/mol. The van der Waals surface area contributed by atoms with Crippen LogP contribution >= 0.6 is 0 Å². The van der Waals surface area contributed by atoms with E-state index in [1.54, 1.807) is 29.8 Å². The van der Waals surface area contributed by atoms with Gasteiger partial charge in [0.1, 0.15) is 11.6 Å². The van der Waals surface area contributed by atoms with Gasteiger partial charge in [0.2, 0.25) is 5.91 Å². The van der Waals surface area contributed by atoms with Crippen LogP contribution in [0, 0.1) is 12.7 Å². The highest BCUT2D eigenvalue weighted by Crippen LogP contribution is 2.28. The summed E-state index contributed by atoms with van der Waals surface area (Å²) in [5.41, 5.74) is 3.30. The Hall–Kier alpha value is -3.53. The fourth-order valence-electron chi connectivity index (χ4n) is 4.64. The van der Waals surface area contributed by atoms with Crippen LogP contribution in [0.4, 0.5) is 10.2 Å². The van der Waals surface area contributed by atoms with Crippen molar-refractivity contribution in [3.8, 4) is 5.69 Å². The molecule has 0 unspecified atom stereocenters. The number of hydrogen-bond donors (Lipinski definition) is 1. The van der Waals surface area contributed by atoms with Crippen LogP contribution in [0.1, 0.15) is 40.3 Å². The highest BCUT2D eigenvalue weighted by Gasteiger charge is 2.30. The van der Waals surface area contributed by atoms with E-state index in [2.05, 4.69) is 10.5 Å². The third kappa shape index (κ3) is 4.58. The quantitative estimate of drug-likeness (QED) is 0.621. The van der Waals surface area contributed by atoms with Crippen molar-refractivity contribution in [3.63, 3.8) is 0 Å². The number of halogens is 1. The van der Waals surface area contributed by atoms with Gasteiger partial charge in [0.05, 0.1) is 12.2 Å². The zero-order valence-corrected chi connectivity index (χ0v) is 19.1. The molecule has 1 aliphatic carbocycles. The van der Waals surface area contributed by atoms with Gasteiger partial charge in [-0.25, -0.2) is 9.07 Å². The molecule has 0 spiro atoms. The number of aromatic nitrogens is 3. The van der Waals surface area contributed by atoms with Crippen LogP contribution in [0.5, 0.6) is 0 Å². The molecular weight excluding hydrogens is 439 g/mol. The first-order valence-corrected chi connectivity index (χ1v) is 11.6. The summed E-state index contributed by atoms with van der Waals surface area (Å²) in [6.07, 6.45) is 3.73. The average Bonchev–Trinajstić information content (AvgIpc) is 3.43. The fraction of sp³-hybridized carbons (Fsp3) is 0.417. The maximum Gasteiger partial charge on any atom is 0.274 e. The lowest BCUT2D eigenvalue weighted by Crippen LogP contribution is -2.50. The van der Waals surface area contributed by atoms with Crippen molar-refractivity contribution in [1.29, 1.82) is 0 Å². The lowest BCUT2D eigenvalue weighted by atomic mass is 9.95. The highest BCUT2D eigenvalue weighted by molar-refractivity contribution is 5.94. The molecule has 0 atom stereocenters. The van der Waals surface area contributed by atoms with E-state index in [0.29, 0.717) is 43.5 Å². The SMILES string of the molecule is Cc1cc(NC(=O)CN2CCN(C(=O)c3nn(-c4ccc(F)cc4)c4c3CCCC4)CC2)no1. The number of nitrogens with zero attached hydrogens (tertiary/aromatic N) is 5. The van der Waals surface area contributed by atoms with Gasteiger partial charge < -0.3 is 14.7 Å². The molecule has 9 nitrogen and oxygen atoms in total. The Labute approximate surface area is 196 Å². The van der Waals surface area contributed by atoms with E-state index < -0.39 is 0 Å². The molecule has 3 aromatic rings. The van der Waals surface area contributed by atoms with Crippen molar-refractivity contribution in [3.05, 3.63) is 58.9 Å². The third-order valence-electron chi connectivity index (χ3n) is 6.38. The van der Waals surface area contributed by atoms with Crippen LogP contribution in [0.15, 0.2) is 34.9 Å². The third-order valence-corrected chi connectivity index (χ3v) is 6.38. The van der Waals surface area contributed by atoms with Crippen LogP contribution in [-0.2, 0) is 17.6 Å². The molecule has 1 fully saturated rings. The summed E-state index contributed by atoms with van der Waals surface area (Å²) in [7, 11) is 0. The lowest BCUT2D eigenvalue weighted by molar-refractivity contribution is -0.117. The molecule has 1 saturated heterocycles. The van der Waals surface area contributed by atoms with E-state index in [9.17, 15) is 14.0 Å². The lowest BCUT2D eigenvalue weighted by Gasteiger charge is -2.34. The number of carbonyl (C=O) groups is 2. The maximum absolute atomic E-state index is 13.4. The Bertz CT molecular complexity index is 1190. The molecule has 5 rings (SSSR count). The number of rotatable bonds is 5. The first-order chi connectivity index (χ1) is 16.5. The summed E-state index contributed by atoms with van der Waals surface area (Å²) in [6.45, 7) is 4.22. The Morgan fingerprint density at radius 3 is 2.53 bits per heavy atom. The smallest absolute Gasteiger partial charge is 0.274 e. The van der Waals surface area contributed by atoms with E-state index in [1.807, 2.05) is 9.80 Å². The minimum Gasteiger partial charge on any atom is -0.360 e. The molecule has 2 amide bonds. The van der Waals surface area contributed by atoms with Crippen LogP contribution in [-0.4, -0.2) is 69.3 Å². The number of amides is 2. The van der Waals surface area contributed by atoms with Crippen molar-refractivity contribution in [2.24, 2.45) is 0 Å². The van der Waals surface area contributed by atoms with Gasteiger partial charge in [0.25, 0.3) is 5.91 Å². The molecule has 3 heterocycles. The minimum absolute atomic E-state index is 0.0822. The van der Waals surface area contributed by atoms with Crippen LogP contribution in [0.3, 0.4) is 0 Å². The number of benzene rings is 1. The molecular formula is C24H27FN6O3. The standard InChI is InChI=1S/C24H27FN6O3/c1-16-14-21(28-34-16)26-22(32)15-29-10-12-30(13-11-29)24(33)23-19-4-2-3-5-20(19)31(27-23)18-8-6-17(25)7-9-18/h6-9,14H,2-5,10-13,15H2,1H3,(H,26,28,32). The minimum atomic E-state index is -0.302. The van der Waals surface area contributed by atoms with Crippen LogP contribution in [0.2, 0.25) is 0 Å². The van der Waals surface area contributed by atoms with E-state index in [4.69, 9.17) is 9.62 Å². The number of piperazine rings is 1. The number of nitrogens with one attached hydrogen (secondary N) is 1. The molecule has 2 aliphatic rings. The Kier molecular flexibility index (Phi) is 6.14. The number of carbonyl (C=O) groups excluding carboxylic acids is 2. The van der Waals surface area contributed by atoms with Gasteiger partial charge in [-0.2, -0.15) is 5.10 Å². The number of hydrogen-bond acceptors (Lipinski definition) is 6. The van der Waals surface area contributed by atoms with Crippen molar-refractivity contribution in [1.82, 2.24) is 24.7 Å². The maximum atomic E-state index is 13.4. The van der Waals surface area contributed by atoms with E-state index in [1.165, 1.54) is 12.1 Å². The largest absolute Gasteiger partial charge is 0.360 e. The molecule has 10 heteroatoms. The predicted octanol–water partition coefficient (Wildman–Crippen LogP) is 2.58. The number of fused-ring (bicyclic) bond motifs is 1. The molecule has 0 radical (unpaired) electrons. The molecule has 0 bridgehead atoms. The first-order valence-electron chi connectivity index (χ1n) is 11.6. The molecule has 0 saturated carbocycles. The van der Waals surface area contributed by atoms with Gasteiger partial charge >= 0.3 is 0 Å². The summed E-state index contributed by atoms with van der Waals surface area (Å²) in [5.74, 6) is 0.481. The molecule has 2 aromatic heterocycles. The molecule has 1 aliphatic heterocycles. The van der Waals surface area contributed by atoms with Crippen LogP contribution in [0.25, 0.3) is 5.69 Å². The van der Waals surface area contributed by atoms with Crippen molar-refractivity contribution >= 4 is 17.6 Å². The molecule has 178 valence electrons. The van der Waals surface area contributed by atoms with Crippen molar-refractivity contribution in [2.45, 2.75) is 32.6 Å². The highest BCUT2D eigenvalue weighted by atomic mass is 19.1. The Balaban J connectivity index is 1.25. The van der Waals surface area contributed by atoms with Gasteiger partial charge in [-0.3, -0.25) is 14.5 Å². The zero-order chi connectivity index (χ0) is 23.7. The van der Waals surface area contributed by atoms with Crippen molar-refractivity contribution in [2.75, 3.05) is 38.0 Å². The van der Waals surface area contributed by atoms with Crippen LogP contribution < -0.4 is 5.32 Å². The molecule has 34 heavy (non-hydrogen) atoms. The second-order valence-electron chi connectivity index (χ2n) is 8.81. The number of aryl methyl sites for hydroxylation is 1. The second kappa shape index (κ2) is 9.38. The summed E-state index contributed by atoms with van der Waals surface area (Å²) in [6, 6.07) is 7.87. The Morgan fingerprint density at radius 2 is 1.82 bits per heavy atom. The summed E-state index contributed by atoms with van der Waals surface area (Å²) in [4.78, 5) is 29.5. The molecule has 1 aromatic carbocycles. The second-order valence-corrected chi connectivity index (χ2v) is 8.81. The van der Waals surface area contributed by atoms with E-state index >= 15 is 0 Å². The summed E-state index contributed by atoms with van der Waals surface area (Å²) in [5, 5.41) is 11.2. The zero-order valence-electron chi connectivity index (χ0n) is 19.1. The number of anilines is 1. The topological polar surface area (TPSA) is 96.5 Å². The first kappa shape index (κ1) is 22.3. The van der Waals surface area contributed by atoms with Gasteiger partial charge in [-0.05, 0) is 56.9 Å². The summed E-state index contributed by atoms with van der Waals surface area (Å²) >= 11 is 0. The normalized spacial score (nSPS) is 16.4. The van der Waals surface area contributed by atoms with E-state index in [-0.39, 0.29) is 24.2 Å². The van der Waals surface area contributed by atoms with Gasteiger partial charge in [0.15, 0.2) is 11.5 Å². The van der Waals surface area contributed by atoms with E-state index in [0.717, 1.165) is 42.6 Å². The molecule has 1 N–H and O–H groups in total. The average molecular weight is 467 g/mol. The fourth-order valence-corrected chi connectivity index (χ4v) is 4.64. The van der Waals surface area contributed by atoms with Crippen molar-refractivity contribution < 1.29 is 18.5 Å².